The highest BCUT2D eigenvalue weighted by molar-refractivity contribution is 7.07. The molecule has 1 spiro atoms. The lowest BCUT2D eigenvalue weighted by Crippen LogP contribution is -2.46. The van der Waals surface area contributed by atoms with Crippen molar-refractivity contribution in [1.82, 2.24) is 0 Å². The number of hydrogen-bond donors (Lipinski definition) is 1. The third-order valence-electron chi connectivity index (χ3n) is 7.94. The molecule has 2 bridgehead atoms. The zero-order valence-electron chi connectivity index (χ0n) is 21.7. The van der Waals surface area contributed by atoms with Crippen molar-refractivity contribution in [3.8, 4) is 0 Å². The van der Waals surface area contributed by atoms with Crippen LogP contribution < -0.4 is 0 Å². The minimum atomic E-state index is -0.796. The van der Waals surface area contributed by atoms with Crippen LogP contribution in [0.15, 0.2) is 40.6 Å². The van der Waals surface area contributed by atoms with Crippen LogP contribution in [0.1, 0.15) is 53.0 Å². The quantitative estimate of drug-likeness (QED) is 0.420. The predicted molar refractivity (Wildman–Crippen MR) is 136 cm³/mol. The highest BCUT2D eigenvalue weighted by Crippen LogP contribution is 2.53. The minimum Gasteiger partial charge on any atom is -0.457 e. The molecule has 6 nitrogen and oxygen atoms in total. The molecule has 0 radical (unpaired) electrons. The molecule has 35 heavy (non-hydrogen) atoms. The maximum Gasteiger partial charge on any atom is 0.335 e. The number of fused-ring (bicyclic) bond motifs is 1. The van der Waals surface area contributed by atoms with Crippen LogP contribution in [0.2, 0.25) is 0 Å². The average molecular weight is 505 g/mol. The second kappa shape index (κ2) is 10.9. The highest BCUT2D eigenvalue weighted by atomic mass is 32.1. The molecule has 1 aromatic heterocycles. The summed E-state index contributed by atoms with van der Waals surface area (Å²) in [6.07, 6.45) is 5.57. The van der Waals surface area contributed by atoms with Crippen LogP contribution in [0.4, 0.5) is 0 Å². The topological polar surface area (TPSA) is 74.2 Å². The Kier molecular flexibility index (Phi) is 8.23. The van der Waals surface area contributed by atoms with Gasteiger partial charge in [0, 0.05) is 24.9 Å². The van der Waals surface area contributed by atoms with E-state index >= 15 is 0 Å². The molecule has 9 atom stereocenters. The Bertz CT molecular complexity index is 922. The summed E-state index contributed by atoms with van der Waals surface area (Å²) in [5.41, 5.74) is 1.75. The number of cyclic esters (lactones) is 1. The van der Waals surface area contributed by atoms with Crippen molar-refractivity contribution >= 4 is 17.3 Å². The molecular formula is C28H40O6S. The summed E-state index contributed by atoms with van der Waals surface area (Å²) in [6.45, 7) is 10.7. The zero-order valence-corrected chi connectivity index (χ0v) is 22.5. The van der Waals surface area contributed by atoms with Gasteiger partial charge in [0.2, 0.25) is 0 Å². The fraction of sp³-hybridized carbons (Fsp3) is 0.679. The first kappa shape index (κ1) is 26.6. The summed E-state index contributed by atoms with van der Waals surface area (Å²) < 4.78 is 24.9. The van der Waals surface area contributed by atoms with Crippen LogP contribution in [0.3, 0.4) is 0 Å². The largest absolute Gasteiger partial charge is 0.457 e. The van der Waals surface area contributed by atoms with Crippen LogP contribution >= 0.6 is 11.3 Å². The molecule has 3 aliphatic rings. The van der Waals surface area contributed by atoms with E-state index in [4.69, 9.17) is 18.9 Å². The van der Waals surface area contributed by atoms with E-state index in [1.54, 1.807) is 18.3 Å². The van der Waals surface area contributed by atoms with Gasteiger partial charge in [0.25, 0.3) is 0 Å². The molecule has 0 saturated carbocycles. The lowest BCUT2D eigenvalue weighted by molar-refractivity contribution is -0.172. The van der Waals surface area contributed by atoms with Crippen molar-refractivity contribution < 1.29 is 28.8 Å². The van der Waals surface area contributed by atoms with Crippen molar-refractivity contribution in [2.45, 2.75) is 90.2 Å². The average Bonchev–Trinajstić information content (AvgIpc) is 3.43. The van der Waals surface area contributed by atoms with Gasteiger partial charge < -0.3 is 24.1 Å². The van der Waals surface area contributed by atoms with Gasteiger partial charge in [0.1, 0.15) is 6.10 Å². The Morgan fingerprint density at radius 2 is 2.03 bits per heavy atom. The third kappa shape index (κ3) is 5.30. The van der Waals surface area contributed by atoms with E-state index in [9.17, 15) is 9.90 Å². The summed E-state index contributed by atoms with van der Waals surface area (Å²) >= 11 is 1.68. The molecule has 1 aromatic rings. The molecule has 0 aromatic carbocycles. The molecule has 1 fully saturated rings. The fourth-order valence-corrected chi connectivity index (χ4v) is 6.71. The third-order valence-corrected chi connectivity index (χ3v) is 8.67. The van der Waals surface area contributed by atoms with Gasteiger partial charge in [-0.2, -0.15) is 11.3 Å². The van der Waals surface area contributed by atoms with E-state index in [1.165, 1.54) is 12.7 Å². The van der Waals surface area contributed by atoms with E-state index < -0.39 is 29.9 Å². The minimum absolute atomic E-state index is 0.0301. The number of rotatable bonds is 7. The second-order valence-corrected chi connectivity index (χ2v) is 11.6. The fourth-order valence-electron chi connectivity index (χ4n) is 6.06. The lowest BCUT2D eigenvalue weighted by atomic mass is 9.69. The predicted octanol–water partition coefficient (Wildman–Crippen LogP) is 4.91. The zero-order chi connectivity index (χ0) is 25.3. The number of aliphatic hydroxyl groups excluding tert-OH is 1. The van der Waals surface area contributed by atoms with E-state index in [1.807, 2.05) is 6.92 Å². The van der Waals surface area contributed by atoms with E-state index in [2.05, 4.69) is 55.8 Å². The van der Waals surface area contributed by atoms with Gasteiger partial charge in [-0.25, -0.2) is 4.79 Å². The first-order chi connectivity index (χ1) is 16.7. The lowest BCUT2D eigenvalue weighted by Gasteiger charge is -2.41. The van der Waals surface area contributed by atoms with Gasteiger partial charge in [-0.3, -0.25) is 0 Å². The number of ether oxygens (including phenoxy) is 4. The van der Waals surface area contributed by atoms with Gasteiger partial charge in [0.05, 0.1) is 30.5 Å². The molecule has 1 saturated heterocycles. The molecule has 7 heteroatoms. The van der Waals surface area contributed by atoms with Crippen molar-refractivity contribution in [3.05, 3.63) is 46.2 Å². The molecule has 1 aliphatic carbocycles. The van der Waals surface area contributed by atoms with Gasteiger partial charge in [-0.15, -0.1) is 0 Å². The summed E-state index contributed by atoms with van der Waals surface area (Å²) in [5, 5.41) is 14.6. The maximum atomic E-state index is 13.0. The number of hydrogen-bond acceptors (Lipinski definition) is 7. The molecule has 3 heterocycles. The second-order valence-electron chi connectivity index (χ2n) is 10.8. The van der Waals surface area contributed by atoms with Crippen molar-refractivity contribution in [2.24, 2.45) is 23.7 Å². The van der Waals surface area contributed by atoms with Crippen LogP contribution in [0, 0.1) is 23.7 Å². The van der Waals surface area contributed by atoms with Gasteiger partial charge >= 0.3 is 5.97 Å². The molecular weight excluding hydrogens is 464 g/mol. The number of carbonyl (C=O) groups excluding carboxylic acids is 1. The van der Waals surface area contributed by atoms with Crippen LogP contribution in [0.5, 0.6) is 0 Å². The first-order valence-corrected chi connectivity index (χ1v) is 13.7. The number of methoxy groups -OCH3 is 1. The Morgan fingerprint density at radius 3 is 2.66 bits per heavy atom. The Hall–Kier alpha value is -1.51. The number of carbonyl (C=O) groups is 1. The summed E-state index contributed by atoms with van der Waals surface area (Å²) in [5.74, 6) is -0.129. The van der Waals surface area contributed by atoms with Gasteiger partial charge in [0.15, 0.2) is 6.10 Å². The normalized spacial score (nSPS) is 38.4. The summed E-state index contributed by atoms with van der Waals surface area (Å²) in [4.78, 5) is 13.0. The number of esters is 1. The molecule has 4 rings (SSSR count). The van der Waals surface area contributed by atoms with Crippen LogP contribution in [0.25, 0.3) is 0 Å². The van der Waals surface area contributed by atoms with Crippen molar-refractivity contribution in [3.63, 3.8) is 0 Å². The molecule has 2 aliphatic heterocycles. The molecule has 194 valence electrons. The Balaban J connectivity index is 1.67. The standard InChI is InChI=1S/C28H40O6S/c1-16(2)24(32-14-20-9-10-35-15-20)26-21-7-8-22-12-23(31-6)27(30)33-25(19(5)29)17(3)11-18(4)28(22,13-21)34-26/h7-11,15-17,19,21-26,29H,12-14H2,1-6H3/b18-11+/t17-,19-,21-,22-,23+,24-,25+,26-,28+/m1/s1. The van der Waals surface area contributed by atoms with Crippen LogP contribution in [-0.2, 0) is 30.3 Å². The van der Waals surface area contributed by atoms with E-state index in [-0.39, 0.29) is 35.9 Å². The van der Waals surface area contributed by atoms with Crippen molar-refractivity contribution in [2.75, 3.05) is 7.11 Å². The summed E-state index contributed by atoms with van der Waals surface area (Å²) in [6, 6.07) is 2.10. The SMILES string of the molecule is CO[C@H]1C[C@H]2C=C[C@@H]3C[C@]2(O[C@H]3[C@H](OCc2ccsc2)C(C)C)/C(C)=C/[C@@H](C)[C@@H]([C@@H](C)O)OC1=O. The first-order valence-electron chi connectivity index (χ1n) is 12.7. The van der Waals surface area contributed by atoms with Gasteiger partial charge in [-0.1, -0.05) is 39.0 Å². The van der Waals surface area contributed by atoms with E-state index in [0.717, 1.165) is 12.0 Å². The maximum absolute atomic E-state index is 13.0. The molecule has 1 N–H and O–H groups in total. The molecule has 0 amide bonds. The van der Waals surface area contributed by atoms with Gasteiger partial charge in [-0.05, 0) is 60.6 Å². The van der Waals surface area contributed by atoms with Crippen LogP contribution in [-0.4, -0.2) is 54.3 Å². The highest BCUT2D eigenvalue weighted by Gasteiger charge is 2.56. The van der Waals surface area contributed by atoms with E-state index in [0.29, 0.717) is 13.0 Å². The molecule has 0 unspecified atom stereocenters. The smallest absolute Gasteiger partial charge is 0.335 e. The van der Waals surface area contributed by atoms with Crippen molar-refractivity contribution in [1.29, 1.82) is 0 Å². The number of aliphatic hydroxyl groups is 1. The Labute approximate surface area is 213 Å². The summed E-state index contributed by atoms with van der Waals surface area (Å²) in [7, 11) is 1.54. The monoisotopic (exact) mass is 504 g/mol. The number of thiophene rings is 1. The Morgan fingerprint density at radius 1 is 1.26 bits per heavy atom.